The van der Waals surface area contributed by atoms with E-state index in [0.717, 1.165) is 72.5 Å². The molecule has 0 unspecified atom stereocenters. The molecule has 3 heteroatoms. The molecule has 0 radical (unpaired) electrons. The lowest BCUT2D eigenvalue weighted by Gasteiger charge is -2.26. The van der Waals surface area contributed by atoms with Crippen molar-refractivity contribution in [1.82, 2.24) is 4.57 Å². The number of furan rings is 1. The van der Waals surface area contributed by atoms with Crippen LogP contribution >= 0.6 is 0 Å². The summed E-state index contributed by atoms with van der Waals surface area (Å²) in [5.74, 6) is 0. The van der Waals surface area contributed by atoms with Gasteiger partial charge in [-0.05, 0) is 122 Å². The molecule has 14 aromatic rings. The summed E-state index contributed by atoms with van der Waals surface area (Å²) in [5.41, 5.74) is 17.8. The molecule has 3 nitrogen and oxygen atoms in total. The predicted octanol–water partition coefficient (Wildman–Crippen LogP) is 19.1. The third-order valence-electron chi connectivity index (χ3n) is 14.4. The Balaban J connectivity index is 0.855. The van der Waals surface area contributed by atoms with Crippen molar-refractivity contribution in [1.29, 1.82) is 0 Å². The first kappa shape index (κ1) is 40.6. The van der Waals surface area contributed by atoms with E-state index in [4.69, 9.17) is 4.42 Å². The molecule has 0 N–H and O–H groups in total. The van der Waals surface area contributed by atoms with E-state index in [2.05, 4.69) is 264 Å². The maximum absolute atomic E-state index is 6.45. The summed E-state index contributed by atoms with van der Waals surface area (Å²) in [6, 6.07) is 96.7. The highest BCUT2D eigenvalue weighted by Gasteiger charge is 2.20. The maximum atomic E-state index is 6.45. The van der Waals surface area contributed by atoms with E-state index < -0.39 is 0 Å². The van der Waals surface area contributed by atoms with Crippen molar-refractivity contribution in [2.24, 2.45) is 0 Å². The van der Waals surface area contributed by atoms with Gasteiger partial charge in [0.25, 0.3) is 0 Å². The number of fused-ring (bicyclic) bond motifs is 9. The molecule has 71 heavy (non-hydrogen) atoms. The smallest absolute Gasteiger partial charge is 0.143 e. The van der Waals surface area contributed by atoms with Gasteiger partial charge in [-0.2, -0.15) is 0 Å². The lowest BCUT2D eigenvalue weighted by atomic mass is 9.93. The van der Waals surface area contributed by atoms with Crippen LogP contribution in [0.1, 0.15) is 0 Å². The molecule has 0 saturated heterocycles. The Hall–Kier alpha value is -9.44. The molecule has 12 aromatic carbocycles. The number of nitrogens with zero attached hydrogens (tertiary/aromatic N) is 2. The van der Waals surface area contributed by atoms with Crippen LogP contribution in [0.2, 0.25) is 0 Å². The number of hydrogen-bond donors (Lipinski definition) is 0. The van der Waals surface area contributed by atoms with E-state index >= 15 is 0 Å². The molecule has 0 aliphatic rings. The Bertz CT molecular complexity index is 4290. The van der Waals surface area contributed by atoms with Crippen molar-refractivity contribution in [2.45, 2.75) is 0 Å². The van der Waals surface area contributed by atoms with Gasteiger partial charge in [0, 0.05) is 49.7 Å². The SMILES string of the molecule is c1cc(-c2ccc(N(c3ccc(-c4ccccc4-c4ccccc4-n4c5ccccc5c5ccccc54)cc3)c3ccc4c(ccc5ccccc54)c3)cc2)cc(-c2cccc3c2oc2ccccc23)c1. The Labute approximate surface area is 411 Å². The molecule has 2 heterocycles. The Morgan fingerprint density at radius 2 is 0.817 bits per heavy atom. The fraction of sp³-hybridized carbons (Fsp3) is 0. The van der Waals surface area contributed by atoms with Gasteiger partial charge in [-0.25, -0.2) is 0 Å². The summed E-state index contributed by atoms with van der Waals surface area (Å²) < 4.78 is 8.88. The van der Waals surface area contributed by atoms with Gasteiger partial charge in [0.2, 0.25) is 0 Å². The molecule has 0 fully saturated rings. The summed E-state index contributed by atoms with van der Waals surface area (Å²) in [4.78, 5) is 2.38. The Kier molecular flexibility index (Phi) is 9.53. The second-order valence-electron chi connectivity index (χ2n) is 18.4. The standard InChI is InChI=1S/C68H44N2O/c1-2-18-54-46(15-1)31-32-50-44-53(41-42-56(50)54)69(51-37-33-45(34-38-51)48-16-13-17-49(43-48)57-25-14-26-63-62-24-8-12-30-67(62)71-68(57)63)52-39-35-47(36-40-52)55-19-3-4-20-58(55)59-21-5-9-27-64(59)70-65-28-10-6-22-60(65)61-23-7-11-29-66(61)70/h1-44H. The van der Waals surface area contributed by atoms with Crippen LogP contribution in [0.3, 0.4) is 0 Å². The number of para-hydroxylation sites is 5. The van der Waals surface area contributed by atoms with Crippen LogP contribution in [0.4, 0.5) is 17.1 Å². The molecule has 2 aromatic heterocycles. The van der Waals surface area contributed by atoms with E-state index in [-0.39, 0.29) is 0 Å². The number of anilines is 3. The van der Waals surface area contributed by atoms with Gasteiger partial charge in [0.15, 0.2) is 0 Å². The van der Waals surface area contributed by atoms with Crippen molar-refractivity contribution in [2.75, 3.05) is 4.90 Å². The zero-order valence-electron chi connectivity index (χ0n) is 38.7. The van der Waals surface area contributed by atoms with Crippen molar-refractivity contribution in [3.05, 3.63) is 267 Å². The first-order chi connectivity index (χ1) is 35.2. The highest BCUT2D eigenvalue weighted by Crippen LogP contribution is 2.43. The average Bonchev–Trinajstić information content (AvgIpc) is 4.00. The second kappa shape index (κ2) is 16.7. The van der Waals surface area contributed by atoms with Crippen LogP contribution < -0.4 is 4.90 Å². The predicted molar refractivity (Wildman–Crippen MR) is 299 cm³/mol. The molecule has 0 saturated carbocycles. The van der Waals surface area contributed by atoms with Crippen LogP contribution in [-0.4, -0.2) is 4.57 Å². The summed E-state index contributed by atoms with van der Waals surface area (Å²) in [7, 11) is 0. The van der Waals surface area contributed by atoms with Crippen LogP contribution in [0.15, 0.2) is 271 Å². The van der Waals surface area contributed by atoms with E-state index in [0.29, 0.717) is 0 Å². The molecule has 0 spiro atoms. The van der Waals surface area contributed by atoms with Gasteiger partial charge in [-0.1, -0.05) is 200 Å². The molecule has 332 valence electrons. The maximum Gasteiger partial charge on any atom is 0.143 e. The molecule has 0 aliphatic heterocycles. The zero-order valence-corrected chi connectivity index (χ0v) is 38.7. The van der Waals surface area contributed by atoms with Crippen molar-refractivity contribution < 1.29 is 4.42 Å². The van der Waals surface area contributed by atoms with Gasteiger partial charge in [0.05, 0.1) is 16.7 Å². The third kappa shape index (κ3) is 6.82. The molecule has 0 aliphatic carbocycles. The minimum Gasteiger partial charge on any atom is -0.455 e. The average molecular weight is 905 g/mol. The number of benzene rings is 12. The first-order valence-electron chi connectivity index (χ1n) is 24.3. The van der Waals surface area contributed by atoms with Crippen LogP contribution in [0, 0.1) is 0 Å². The monoisotopic (exact) mass is 904 g/mol. The fourth-order valence-electron chi connectivity index (χ4n) is 11.1. The van der Waals surface area contributed by atoms with Gasteiger partial charge in [-0.3, -0.25) is 0 Å². The van der Waals surface area contributed by atoms with Gasteiger partial charge in [-0.15, -0.1) is 0 Å². The van der Waals surface area contributed by atoms with Gasteiger partial charge >= 0.3 is 0 Å². The lowest BCUT2D eigenvalue weighted by Crippen LogP contribution is -2.10. The topological polar surface area (TPSA) is 21.3 Å². The quantitative estimate of drug-likeness (QED) is 0.142. The van der Waals surface area contributed by atoms with E-state index in [1.165, 1.54) is 60.0 Å². The van der Waals surface area contributed by atoms with E-state index in [9.17, 15) is 0 Å². The molecule has 14 rings (SSSR count). The Morgan fingerprint density at radius 3 is 1.59 bits per heavy atom. The normalized spacial score (nSPS) is 11.7. The highest BCUT2D eigenvalue weighted by atomic mass is 16.3. The lowest BCUT2D eigenvalue weighted by molar-refractivity contribution is 0.670. The molecule has 0 amide bonds. The van der Waals surface area contributed by atoms with E-state index in [1.54, 1.807) is 0 Å². The molecular formula is C68H44N2O. The largest absolute Gasteiger partial charge is 0.455 e. The fourth-order valence-corrected chi connectivity index (χ4v) is 11.1. The summed E-state index contributed by atoms with van der Waals surface area (Å²) in [6.07, 6.45) is 0. The number of aromatic nitrogens is 1. The third-order valence-corrected chi connectivity index (χ3v) is 14.4. The van der Waals surface area contributed by atoms with Gasteiger partial charge in [0.1, 0.15) is 11.2 Å². The highest BCUT2D eigenvalue weighted by molar-refractivity contribution is 6.12. The number of rotatable bonds is 8. The summed E-state index contributed by atoms with van der Waals surface area (Å²) in [6.45, 7) is 0. The zero-order chi connectivity index (χ0) is 46.8. The summed E-state index contributed by atoms with van der Waals surface area (Å²) >= 11 is 0. The van der Waals surface area contributed by atoms with Crippen molar-refractivity contribution >= 4 is 82.4 Å². The molecule has 0 bridgehead atoms. The minimum absolute atomic E-state index is 0.905. The van der Waals surface area contributed by atoms with Crippen molar-refractivity contribution in [3.63, 3.8) is 0 Å². The second-order valence-corrected chi connectivity index (χ2v) is 18.4. The van der Waals surface area contributed by atoms with E-state index in [1.807, 2.05) is 12.1 Å². The van der Waals surface area contributed by atoms with Crippen LogP contribution in [0.25, 0.3) is 115 Å². The minimum atomic E-state index is 0.905. The van der Waals surface area contributed by atoms with Crippen LogP contribution in [-0.2, 0) is 0 Å². The number of hydrogen-bond acceptors (Lipinski definition) is 2. The Morgan fingerprint density at radius 1 is 0.282 bits per heavy atom. The van der Waals surface area contributed by atoms with Crippen molar-refractivity contribution in [3.8, 4) is 50.2 Å². The first-order valence-corrected chi connectivity index (χ1v) is 24.3. The van der Waals surface area contributed by atoms with Crippen LogP contribution in [0.5, 0.6) is 0 Å². The van der Waals surface area contributed by atoms with Gasteiger partial charge < -0.3 is 13.9 Å². The molecular weight excluding hydrogens is 861 g/mol. The summed E-state index contributed by atoms with van der Waals surface area (Å²) in [5, 5.41) is 9.72. The molecule has 0 atom stereocenters.